The summed E-state index contributed by atoms with van der Waals surface area (Å²) in [5.74, 6) is -3.35. The number of hydrogen-bond acceptors (Lipinski definition) is 5. The molecule has 164 valence electrons. The zero-order valence-corrected chi connectivity index (χ0v) is 16.9. The third-order valence-electron chi connectivity index (χ3n) is 5.58. The molecule has 4 rings (SSSR count). The summed E-state index contributed by atoms with van der Waals surface area (Å²) in [6.07, 6.45) is -0.662. The molecule has 0 saturated carbocycles. The summed E-state index contributed by atoms with van der Waals surface area (Å²) in [6, 6.07) is 9.84. The minimum atomic E-state index is -2.71. The predicted molar refractivity (Wildman–Crippen MR) is 109 cm³/mol. The van der Waals surface area contributed by atoms with Gasteiger partial charge >= 0.3 is 5.97 Å². The highest BCUT2D eigenvalue weighted by atomic mass is 19.3. The highest BCUT2D eigenvalue weighted by molar-refractivity contribution is 5.96. The largest absolute Gasteiger partial charge is 0.496 e. The van der Waals surface area contributed by atoms with Crippen LogP contribution in [0.4, 0.5) is 20.2 Å². The van der Waals surface area contributed by atoms with Gasteiger partial charge in [-0.25, -0.2) is 13.6 Å². The van der Waals surface area contributed by atoms with Gasteiger partial charge in [0.1, 0.15) is 23.7 Å². The monoisotopic (exact) mass is 432 g/mol. The van der Waals surface area contributed by atoms with Gasteiger partial charge in [0, 0.05) is 43.2 Å². The van der Waals surface area contributed by atoms with Gasteiger partial charge in [0.2, 0.25) is 0 Å². The van der Waals surface area contributed by atoms with Crippen molar-refractivity contribution in [1.82, 2.24) is 4.90 Å². The smallest absolute Gasteiger partial charge is 0.339 e. The number of nitrogens with zero attached hydrogens (tertiary/aromatic N) is 2. The molecule has 0 radical (unpaired) electrons. The van der Waals surface area contributed by atoms with Crippen molar-refractivity contribution in [2.45, 2.75) is 18.8 Å². The van der Waals surface area contributed by atoms with Gasteiger partial charge in [-0.3, -0.25) is 4.79 Å². The van der Waals surface area contributed by atoms with Crippen molar-refractivity contribution in [3.63, 3.8) is 0 Å². The number of amides is 1. The lowest BCUT2D eigenvalue weighted by atomic mass is 10.0. The van der Waals surface area contributed by atoms with Crippen molar-refractivity contribution in [1.29, 1.82) is 0 Å². The van der Waals surface area contributed by atoms with Crippen LogP contribution in [0.2, 0.25) is 0 Å². The summed E-state index contributed by atoms with van der Waals surface area (Å²) in [4.78, 5) is 27.5. The Balaban J connectivity index is 1.59. The number of alkyl halides is 2. The fourth-order valence-electron chi connectivity index (χ4n) is 3.87. The van der Waals surface area contributed by atoms with Crippen LogP contribution in [0.15, 0.2) is 36.4 Å². The fourth-order valence-corrected chi connectivity index (χ4v) is 3.87. The Hall–Kier alpha value is -3.36. The number of aromatic carboxylic acids is 1. The highest BCUT2D eigenvalue weighted by Crippen LogP contribution is 2.39. The van der Waals surface area contributed by atoms with E-state index in [2.05, 4.69) is 0 Å². The molecule has 2 aromatic carbocycles. The van der Waals surface area contributed by atoms with Gasteiger partial charge in [-0.05, 0) is 30.3 Å². The van der Waals surface area contributed by atoms with E-state index in [-0.39, 0.29) is 43.2 Å². The lowest BCUT2D eigenvalue weighted by molar-refractivity contribution is -0.0494. The lowest BCUT2D eigenvalue weighted by Crippen LogP contribution is -2.42. The van der Waals surface area contributed by atoms with Gasteiger partial charge in [0.25, 0.3) is 11.8 Å². The van der Waals surface area contributed by atoms with Crippen molar-refractivity contribution in [3.8, 4) is 11.5 Å². The molecule has 1 saturated heterocycles. The molecule has 0 atom stereocenters. The summed E-state index contributed by atoms with van der Waals surface area (Å²) < 4.78 is 37.7. The second-order valence-electron chi connectivity index (χ2n) is 7.52. The number of piperidine rings is 1. The van der Waals surface area contributed by atoms with E-state index in [1.165, 1.54) is 18.1 Å². The number of carboxylic acids is 1. The second kappa shape index (κ2) is 8.05. The van der Waals surface area contributed by atoms with Crippen LogP contribution in [0, 0.1) is 0 Å². The Morgan fingerprint density at radius 2 is 1.84 bits per heavy atom. The number of anilines is 2. The number of rotatable bonds is 4. The van der Waals surface area contributed by atoms with Gasteiger partial charge in [-0.2, -0.15) is 0 Å². The van der Waals surface area contributed by atoms with Crippen molar-refractivity contribution < 1.29 is 33.0 Å². The number of fused-ring (bicyclic) bond motifs is 1. The summed E-state index contributed by atoms with van der Waals surface area (Å²) in [5.41, 5.74) is 1.89. The molecular formula is C22H22F2N2O5. The molecule has 2 aromatic rings. The van der Waals surface area contributed by atoms with Crippen LogP contribution < -0.4 is 14.4 Å². The maximum absolute atomic E-state index is 13.4. The van der Waals surface area contributed by atoms with Crippen molar-refractivity contribution in [2.24, 2.45) is 0 Å². The first-order chi connectivity index (χ1) is 14.8. The lowest BCUT2D eigenvalue weighted by Gasteiger charge is -2.33. The van der Waals surface area contributed by atoms with Crippen molar-refractivity contribution in [3.05, 3.63) is 47.5 Å². The van der Waals surface area contributed by atoms with E-state index in [4.69, 9.17) is 9.47 Å². The number of ether oxygens (including phenoxy) is 2. The van der Waals surface area contributed by atoms with Crippen LogP contribution in [0.25, 0.3) is 0 Å². The van der Waals surface area contributed by atoms with Crippen LogP contribution in [0.1, 0.15) is 33.6 Å². The number of likely N-dealkylation sites (tertiary alicyclic amines) is 1. The minimum absolute atomic E-state index is 0.0195. The van der Waals surface area contributed by atoms with Crippen LogP contribution >= 0.6 is 0 Å². The number of carbonyl (C=O) groups is 2. The maximum atomic E-state index is 13.4. The number of hydrogen-bond donors (Lipinski definition) is 1. The fraction of sp³-hybridized carbons (Fsp3) is 0.364. The van der Waals surface area contributed by atoms with Gasteiger partial charge in [-0.1, -0.05) is 0 Å². The molecule has 31 heavy (non-hydrogen) atoms. The van der Waals surface area contributed by atoms with E-state index in [0.29, 0.717) is 24.5 Å². The molecular weight excluding hydrogens is 410 g/mol. The van der Waals surface area contributed by atoms with Gasteiger partial charge in [0.05, 0.1) is 19.3 Å². The number of methoxy groups -OCH3 is 1. The molecule has 0 aliphatic carbocycles. The normalized spacial score (nSPS) is 17.5. The number of benzene rings is 2. The van der Waals surface area contributed by atoms with E-state index in [1.54, 1.807) is 30.3 Å². The van der Waals surface area contributed by atoms with Crippen molar-refractivity contribution in [2.75, 3.05) is 38.3 Å². The number of carboxylic acid groups (broad SMARTS) is 1. The molecule has 0 unspecified atom stereocenters. The maximum Gasteiger partial charge on any atom is 0.339 e. The number of halogens is 2. The van der Waals surface area contributed by atoms with E-state index < -0.39 is 11.9 Å². The topological polar surface area (TPSA) is 79.3 Å². The Bertz CT molecular complexity index is 1020. The standard InChI is InChI=1S/C22H22F2N2O5/c1-30-18-13-15(3-4-16(18)21(28)29)26-10-11-31-19-12-14(2-5-17(19)26)20(27)25-8-6-22(23,24)7-9-25/h2-5,12-13H,6-11H2,1H3,(H,28,29). The van der Waals surface area contributed by atoms with Crippen LogP contribution in [0.5, 0.6) is 11.5 Å². The van der Waals surface area contributed by atoms with E-state index >= 15 is 0 Å². The first kappa shape index (κ1) is 20.9. The molecule has 1 fully saturated rings. The Kier molecular flexibility index (Phi) is 5.43. The Morgan fingerprint density at radius 1 is 1.10 bits per heavy atom. The summed E-state index contributed by atoms with van der Waals surface area (Å²) in [6.45, 7) is 0.928. The summed E-state index contributed by atoms with van der Waals surface area (Å²) in [7, 11) is 1.41. The summed E-state index contributed by atoms with van der Waals surface area (Å²) in [5, 5.41) is 9.28. The molecule has 2 heterocycles. The minimum Gasteiger partial charge on any atom is -0.496 e. The average molecular weight is 432 g/mol. The van der Waals surface area contributed by atoms with Crippen LogP contribution in [-0.4, -0.2) is 61.2 Å². The molecule has 0 spiro atoms. The quantitative estimate of drug-likeness (QED) is 0.792. The Morgan fingerprint density at radius 3 is 2.52 bits per heavy atom. The summed E-state index contributed by atoms with van der Waals surface area (Å²) >= 11 is 0. The van der Waals surface area contributed by atoms with E-state index in [9.17, 15) is 23.5 Å². The zero-order valence-electron chi connectivity index (χ0n) is 16.9. The van der Waals surface area contributed by atoms with Gasteiger partial charge in [-0.15, -0.1) is 0 Å². The third-order valence-corrected chi connectivity index (χ3v) is 5.58. The Labute approximate surface area is 177 Å². The molecule has 2 aliphatic rings. The third kappa shape index (κ3) is 4.12. The molecule has 0 aromatic heterocycles. The zero-order chi connectivity index (χ0) is 22.2. The molecule has 9 heteroatoms. The van der Waals surface area contributed by atoms with E-state index in [1.807, 2.05) is 4.90 Å². The second-order valence-corrected chi connectivity index (χ2v) is 7.52. The number of carbonyl (C=O) groups excluding carboxylic acids is 1. The highest BCUT2D eigenvalue weighted by Gasteiger charge is 2.36. The molecule has 2 aliphatic heterocycles. The first-order valence-electron chi connectivity index (χ1n) is 9.92. The average Bonchev–Trinajstić information content (AvgIpc) is 2.77. The first-order valence-corrected chi connectivity index (χ1v) is 9.92. The predicted octanol–water partition coefficient (Wildman–Crippen LogP) is 3.80. The molecule has 1 N–H and O–H groups in total. The molecule has 7 nitrogen and oxygen atoms in total. The van der Waals surface area contributed by atoms with Crippen LogP contribution in [-0.2, 0) is 0 Å². The van der Waals surface area contributed by atoms with Crippen LogP contribution in [0.3, 0.4) is 0 Å². The molecule has 1 amide bonds. The SMILES string of the molecule is COc1cc(N2CCOc3cc(C(=O)N4CCC(F)(F)CC4)ccc32)ccc1C(=O)O. The van der Waals surface area contributed by atoms with Gasteiger partial charge in [0.15, 0.2) is 0 Å². The van der Waals surface area contributed by atoms with E-state index in [0.717, 1.165) is 11.4 Å². The van der Waals surface area contributed by atoms with Gasteiger partial charge < -0.3 is 24.4 Å². The van der Waals surface area contributed by atoms with Crippen molar-refractivity contribution >= 4 is 23.3 Å². The molecule has 0 bridgehead atoms.